The molecule has 4 rings (SSSR count). The minimum Gasteiger partial charge on any atom is -0.472 e. The summed E-state index contributed by atoms with van der Waals surface area (Å²) in [6.07, 6.45) is 4.04. The lowest BCUT2D eigenvalue weighted by atomic mass is 10.2. The topological polar surface area (TPSA) is 81.4 Å². The lowest BCUT2D eigenvalue weighted by Crippen LogP contribution is -2.31. The molecule has 3 aromatic heterocycles. The molecule has 1 fully saturated rings. The van der Waals surface area contributed by atoms with Gasteiger partial charge in [-0.05, 0) is 25.1 Å². The van der Waals surface area contributed by atoms with Gasteiger partial charge in [0.25, 0.3) is 5.91 Å². The number of carbonyl (C=O) groups excluding carboxylic acids is 1. The van der Waals surface area contributed by atoms with Crippen molar-refractivity contribution in [3.63, 3.8) is 0 Å². The summed E-state index contributed by atoms with van der Waals surface area (Å²) in [6, 6.07) is 11.0. The number of rotatable bonds is 4. The molecule has 1 saturated heterocycles. The van der Waals surface area contributed by atoms with Crippen molar-refractivity contribution in [3.05, 3.63) is 60.2 Å². The number of carbonyl (C=O) groups is 1. The second-order valence-corrected chi connectivity index (χ2v) is 6.22. The first-order valence-electron chi connectivity index (χ1n) is 8.46. The number of hydrogen-bond donors (Lipinski definition) is 0. The average molecular weight is 350 g/mol. The maximum atomic E-state index is 12.7. The number of likely N-dealkylation sites (tertiary alicyclic amines) is 1. The Morgan fingerprint density at radius 3 is 3.04 bits per heavy atom. The van der Waals surface area contributed by atoms with Crippen LogP contribution in [0.25, 0.3) is 11.3 Å². The second-order valence-electron chi connectivity index (χ2n) is 6.22. The lowest BCUT2D eigenvalue weighted by Gasteiger charge is -2.15. The fourth-order valence-electron chi connectivity index (χ4n) is 2.95. The van der Waals surface area contributed by atoms with Gasteiger partial charge in [-0.1, -0.05) is 11.2 Å². The number of hydrogen-bond acceptors (Lipinski definition) is 6. The summed E-state index contributed by atoms with van der Waals surface area (Å²) in [6.45, 7) is 3.04. The molecular formula is C19H18N4O3. The van der Waals surface area contributed by atoms with Crippen LogP contribution < -0.4 is 4.74 Å². The van der Waals surface area contributed by atoms with Crippen molar-refractivity contribution in [2.24, 2.45) is 0 Å². The van der Waals surface area contributed by atoms with Crippen LogP contribution in [0.4, 0.5) is 0 Å². The molecule has 1 aliphatic heterocycles. The predicted octanol–water partition coefficient (Wildman–Crippen LogP) is 2.73. The number of aromatic nitrogens is 3. The SMILES string of the molecule is Cc1cccc(O[C@@H]2CCN(C(=O)c3cc(-c4cccnc4)on3)C2)n1. The van der Waals surface area contributed by atoms with Crippen LogP contribution in [0.1, 0.15) is 22.6 Å². The Morgan fingerprint density at radius 1 is 1.31 bits per heavy atom. The summed E-state index contributed by atoms with van der Waals surface area (Å²) in [5, 5.41) is 3.91. The first-order chi connectivity index (χ1) is 12.7. The number of aryl methyl sites for hydroxylation is 1. The van der Waals surface area contributed by atoms with E-state index in [1.54, 1.807) is 29.4 Å². The van der Waals surface area contributed by atoms with Crippen LogP contribution in [-0.4, -0.2) is 45.1 Å². The summed E-state index contributed by atoms with van der Waals surface area (Å²) in [4.78, 5) is 22.8. The number of nitrogens with zero attached hydrogens (tertiary/aromatic N) is 4. The fraction of sp³-hybridized carbons (Fsp3) is 0.263. The van der Waals surface area contributed by atoms with E-state index in [2.05, 4.69) is 15.1 Å². The van der Waals surface area contributed by atoms with Gasteiger partial charge in [-0.25, -0.2) is 4.98 Å². The van der Waals surface area contributed by atoms with Crippen LogP contribution >= 0.6 is 0 Å². The van der Waals surface area contributed by atoms with E-state index in [9.17, 15) is 4.79 Å². The maximum absolute atomic E-state index is 12.7. The van der Waals surface area contributed by atoms with Crippen molar-refractivity contribution in [2.75, 3.05) is 13.1 Å². The van der Waals surface area contributed by atoms with Crippen LogP contribution in [0, 0.1) is 6.92 Å². The van der Waals surface area contributed by atoms with E-state index < -0.39 is 0 Å². The molecule has 3 aromatic rings. The van der Waals surface area contributed by atoms with Gasteiger partial charge in [0.1, 0.15) is 6.10 Å². The van der Waals surface area contributed by atoms with Crippen LogP contribution in [0.2, 0.25) is 0 Å². The first-order valence-corrected chi connectivity index (χ1v) is 8.46. The standard InChI is InChI=1S/C19H18N4O3/c1-13-4-2-6-18(21-13)25-15-7-9-23(12-15)19(24)16-10-17(26-22-16)14-5-3-8-20-11-14/h2-6,8,10-11,15H,7,9,12H2,1H3/t15-/m1/s1. The zero-order valence-electron chi connectivity index (χ0n) is 14.3. The Bertz CT molecular complexity index is 910. The van der Waals surface area contributed by atoms with Gasteiger partial charge in [-0.2, -0.15) is 0 Å². The molecule has 26 heavy (non-hydrogen) atoms. The Balaban J connectivity index is 1.41. The van der Waals surface area contributed by atoms with Crippen LogP contribution in [0.3, 0.4) is 0 Å². The van der Waals surface area contributed by atoms with E-state index >= 15 is 0 Å². The average Bonchev–Trinajstić information content (AvgIpc) is 3.32. The lowest BCUT2D eigenvalue weighted by molar-refractivity contribution is 0.0761. The molecule has 0 bridgehead atoms. The number of ether oxygens (including phenoxy) is 1. The van der Waals surface area contributed by atoms with Gasteiger partial charge < -0.3 is 14.2 Å². The monoisotopic (exact) mass is 350 g/mol. The highest BCUT2D eigenvalue weighted by molar-refractivity contribution is 5.93. The molecular weight excluding hydrogens is 332 g/mol. The Labute approximate surface area is 150 Å². The van der Waals surface area contributed by atoms with E-state index in [0.29, 0.717) is 24.7 Å². The van der Waals surface area contributed by atoms with Gasteiger partial charge in [0.15, 0.2) is 11.5 Å². The fourth-order valence-corrected chi connectivity index (χ4v) is 2.95. The summed E-state index contributed by atoms with van der Waals surface area (Å²) in [5.74, 6) is 0.953. The molecule has 0 N–H and O–H groups in total. The van der Waals surface area contributed by atoms with Crippen molar-refractivity contribution in [2.45, 2.75) is 19.4 Å². The van der Waals surface area contributed by atoms with Crippen molar-refractivity contribution < 1.29 is 14.1 Å². The molecule has 4 heterocycles. The van der Waals surface area contributed by atoms with E-state index in [0.717, 1.165) is 17.7 Å². The zero-order chi connectivity index (χ0) is 17.9. The predicted molar refractivity (Wildman–Crippen MR) is 93.6 cm³/mol. The Hall–Kier alpha value is -3.22. The van der Waals surface area contributed by atoms with Crippen LogP contribution in [0.5, 0.6) is 5.88 Å². The number of amides is 1. The van der Waals surface area contributed by atoms with Gasteiger partial charge in [0.2, 0.25) is 5.88 Å². The van der Waals surface area contributed by atoms with Gasteiger partial charge in [-0.3, -0.25) is 9.78 Å². The Morgan fingerprint density at radius 2 is 2.23 bits per heavy atom. The van der Waals surface area contributed by atoms with Gasteiger partial charge in [-0.15, -0.1) is 0 Å². The second kappa shape index (κ2) is 6.95. The minimum atomic E-state index is -0.160. The van der Waals surface area contributed by atoms with Crippen LogP contribution in [-0.2, 0) is 0 Å². The van der Waals surface area contributed by atoms with Crippen molar-refractivity contribution >= 4 is 5.91 Å². The molecule has 132 valence electrons. The largest absolute Gasteiger partial charge is 0.472 e. The van der Waals surface area contributed by atoms with Crippen molar-refractivity contribution in [3.8, 4) is 17.2 Å². The summed E-state index contributed by atoms with van der Waals surface area (Å²) >= 11 is 0. The molecule has 1 amide bonds. The highest BCUT2D eigenvalue weighted by Crippen LogP contribution is 2.22. The highest BCUT2D eigenvalue weighted by atomic mass is 16.5. The van der Waals surface area contributed by atoms with E-state index in [-0.39, 0.29) is 17.7 Å². The molecule has 1 aliphatic rings. The van der Waals surface area contributed by atoms with E-state index in [4.69, 9.17) is 9.26 Å². The smallest absolute Gasteiger partial charge is 0.276 e. The zero-order valence-corrected chi connectivity index (χ0v) is 14.3. The van der Waals surface area contributed by atoms with E-state index in [1.165, 1.54) is 0 Å². The Kier molecular flexibility index (Phi) is 4.35. The quantitative estimate of drug-likeness (QED) is 0.720. The molecule has 0 saturated carbocycles. The molecule has 0 aliphatic carbocycles. The summed E-state index contributed by atoms with van der Waals surface area (Å²) in [7, 11) is 0. The summed E-state index contributed by atoms with van der Waals surface area (Å²) in [5.41, 5.74) is 1.98. The minimum absolute atomic E-state index is 0.0713. The third-order valence-corrected chi connectivity index (χ3v) is 4.26. The molecule has 0 aromatic carbocycles. The third-order valence-electron chi connectivity index (χ3n) is 4.26. The highest BCUT2D eigenvalue weighted by Gasteiger charge is 2.30. The molecule has 7 heteroatoms. The van der Waals surface area contributed by atoms with Crippen molar-refractivity contribution in [1.82, 2.24) is 20.0 Å². The molecule has 1 atom stereocenters. The normalized spacial score (nSPS) is 16.7. The summed E-state index contributed by atoms with van der Waals surface area (Å²) < 4.78 is 11.2. The van der Waals surface area contributed by atoms with Gasteiger partial charge in [0.05, 0.1) is 6.54 Å². The molecule has 0 unspecified atom stereocenters. The number of pyridine rings is 2. The van der Waals surface area contributed by atoms with Crippen molar-refractivity contribution in [1.29, 1.82) is 0 Å². The third kappa shape index (κ3) is 3.42. The van der Waals surface area contributed by atoms with Gasteiger partial charge in [0, 0.05) is 48.7 Å². The first kappa shape index (κ1) is 16.3. The van der Waals surface area contributed by atoms with Gasteiger partial charge >= 0.3 is 0 Å². The molecule has 7 nitrogen and oxygen atoms in total. The molecule has 0 radical (unpaired) electrons. The molecule has 0 spiro atoms. The van der Waals surface area contributed by atoms with E-state index in [1.807, 2.05) is 31.2 Å². The van der Waals surface area contributed by atoms with Crippen LogP contribution in [0.15, 0.2) is 53.3 Å². The maximum Gasteiger partial charge on any atom is 0.276 e.